The number of carboxylic acid groups (broad SMARTS) is 1. The van der Waals surface area contributed by atoms with Gasteiger partial charge in [0.15, 0.2) is 9.84 Å². The number of rotatable bonds is 5. The minimum Gasteiger partial charge on any atom is -0.480 e. The number of aromatic nitrogens is 1. The van der Waals surface area contributed by atoms with Crippen LogP contribution in [0.2, 0.25) is 0 Å². The lowest BCUT2D eigenvalue weighted by Gasteiger charge is -2.12. The molecule has 1 aliphatic rings. The summed E-state index contributed by atoms with van der Waals surface area (Å²) in [6.07, 6.45) is 1.74. The number of pyridine rings is 1. The number of aliphatic carboxylic acids is 1. The number of hydrogen-bond acceptors (Lipinski definition) is 5. The number of nitrogens with zero attached hydrogens (tertiary/aromatic N) is 1. The second kappa shape index (κ2) is 4.93. The first kappa shape index (κ1) is 14.6. The number of carbonyl (C=O) groups is 1. The van der Waals surface area contributed by atoms with Gasteiger partial charge in [0.1, 0.15) is 12.2 Å². The Kier molecular flexibility index (Phi) is 3.59. The van der Waals surface area contributed by atoms with Crippen LogP contribution in [0.4, 0.5) is 5.69 Å². The van der Waals surface area contributed by atoms with Crippen LogP contribution in [0.15, 0.2) is 15.8 Å². The molecule has 0 radical (unpaired) electrons. The minimum atomic E-state index is -3.60. The summed E-state index contributed by atoms with van der Waals surface area (Å²) in [5.74, 6) is -1.07. The summed E-state index contributed by atoms with van der Waals surface area (Å²) < 4.78 is 25.3. The fraction of sp³-hybridized carbons (Fsp3) is 0.500. The van der Waals surface area contributed by atoms with E-state index >= 15 is 0 Å². The van der Waals surface area contributed by atoms with Gasteiger partial charge in [0, 0.05) is 5.69 Å². The predicted molar refractivity (Wildman–Crippen MR) is 72.3 cm³/mol. The molecule has 3 N–H and O–H groups in total. The van der Waals surface area contributed by atoms with Gasteiger partial charge >= 0.3 is 5.97 Å². The van der Waals surface area contributed by atoms with E-state index in [1.165, 1.54) is 13.0 Å². The summed E-state index contributed by atoms with van der Waals surface area (Å²) in [4.78, 5) is 22.5. The Bertz CT molecular complexity index is 716. The van der Waals surface area contributed by atoms with Crippen LogP contribution in [0, 0.1) is 12.8 Å². The first-order valence-electron chi connectivity index (χ1n) is 6.17. The average molecular weight is 300 g/mol. The SMILES string of the molecule is Cc1cc(S(=O)(=O)CC2CC2)c(N)c(=O)n1CC(=O)O. The molecule has 1 aromatic rings. The van der Waals surface area contributed by atoms with Gasteiger partial charge in [-0.3, -0.25) is 14.2 Å². The summed E-state index contributed by atoms with van der Waals surface area (Å²) in [5.41, 5.74) is 4.69. The fourth-order valence-electron chi connectivity index (χ4n) is 2.03. The van der Waals surface area contributed by atoms with Gasteiger partial charge in [-0.2, -0.15) is 0 Å². The molecule has 0 saturated heterocycles. The minimum absolute atomic E-state index is 0.0149. The first-order valence-corrected chi connectivity index (χ1v) is 7.82. The lowest BCUT2D eigenvalue weighted by atomic mass is 10.3. The molecule has 0 unspecified atom stereocenters. The third-order valence-electron chi connectivity index (χ3n) is 3.29. The van der Waals surface area contributed by atoms with Crippen LogP contribution in [0.5, 0.6) is 0 Å². The molecule has 0 atom stereocenters. The van der Waals surface area contributed by atoms with Crippen molar-refractivity contribution in [2.45, 2.75) is 31.2 Å². The summed E-state index contributed by atoms with van der Waals surface area (Å²) in [6.45, 7) is 0.942. The van der Waals surface area contributed by atoms with Gasteiger partial charge < -0.3 is 10.8 Å². The summed E-state index contributed by atoms with van der Waals surface area (Å²) in [7, 11) is -3.60. The Morgan fingerprint density at radius 1 is 1.50 bits per heavy atom. The van der Waals surface area contributed by atoms with E-state index in [4.69, 9.17) is 10.8 Å². The maximum Gasteiger partial charge on any atom is 0.323 e. The van der Waals surface area contributed by atoms with Crippen LogP contribution in [0.25, 0.3) is 0 Å². The van der Waals surface area contributed by atoms with Gasteiger partial charge in [-0.25, -0.2) is 8.42 Å². The molecule has 1 aromatic heterocycles. The van der Waals surface area contributed by atoms with Crippen molar-refractivity contribution >= 4 is 21.5 Å². The van der Waals surface area contributed by atoms with Gasteiger partial charge in [0.2, 0.25) is 0 Å². The monoisotopic (exact) mass is 300 g/mol. The van der Waals surface area contributed by atoms with Gasteiger partial charge in [-0.05, 0) is 31.7 Å². The first-order chi connectivity index (χ1) is 9.22. The van der Waals surface area contributed by atoms with Crippen LogP contribution in [-0.4, -0.2) is 29.8 Å². The van der Waals surface area contributed by atoms with E-state index < -0.39 is 33.6 Å². The van der Waals surface area contributed by atoms with Crippen LogP contribution >= 0.6 is 0 Å². The van der Waals surface area contributed by atoms with Crippen molar-refractivity contribution < 1.29 is 18.3 Å². The van der Waals surface area contributed by atoms with Crippen LogP contribution < -0.4 is 11.3 Å². The topological polar surface area (TPSA) is 119 Å². The smallest absolute Gasteiger partial charge is 0.323 e. The van der Waals surface area contributed by atoms with Crippen molar-refractivity contribution in [3.8, 4) is 0 Å². The zero-order valence-corrected chi connectivity index (χ0v) is 11.8. The third-order valence-corrected chi connectivity index (χ3v) is 5.21. The molecule has 0 aromatic carbocycles. The van der Waals surface area contributed by atoms with Crippen molar-refractivity contribution in [3.05, 3.63) is 22.1 Å². The Morgan fingerprint density at radius 2 is 2.10 bits per heavy atom. The lowest BCUT2D eigenvalue weighted by molar-refractivity contribution is -0.137. The van der Waals surface area contributed by atoms with E-state index in [1.807, 2.05) is 0 Å². The van der Waals surface area contributed by atoms with Crippen molar-refractivity contribution in [3.63, 3.8) is 0 Å². The number of hydrogen-bond donors (Lipinski definition) is 2. The van der Waals surface area contributed by atoms with Crippen molar-refractivity contribution in [2.24, 2.45) is 5.92 Å². The molecular weight excluding hydrogens is 284 g/mol. The molecule has 1 aliphatic carbocycles. The standard InChI is InChI=1S/C12H16N2O5S/c1-7-4-9(20(18,19)6-8-2-3-8)11(13)12(17)14(7)5-10(15)16/h4,8H,2-3,5-6,13H2,1H3,(H,15,16). The average Bonchev–Trinajstić information content (AvgIpc) is 3.12. The highest BCUT2D eigenvalue weighted by Crippen LogP contribution is 2.33. The Labute approximate surface area is 115 Å². The summed E-state index contributed by atoms with van der Waals surface area (Å²) in [6, 6.07) is 1.28. The summed E-state index contributed by atoms with van der Waals surface area (Å²) >= 11 is 0. The molecule has 8 heteroatoms. The van der Waals surface area contributed by atoms with Crippen LogP contribution in [0.3, 0.4) is 0 Å². The van der Waals surface area contributed by atoms with Crippen molar-refractivity contribution in [1.29, 1.82) is 0 Å². The van der Waals surface area contributed by atoms with E-state index in [2.05, 4.69) is 0 Å². The van der Waals surface area contributed by atoms with Crippen LogP contribution in [-0.2, 0) is 21.2 Å². The van der Waals surface area contributed by atoms with E-state index in [-0.39, 0.29) is 22.3 Å². The number of sulfone groups is 1. The number of aryl methyl sites for hydroxylation is 1. The third kappa shape index (κ3) is 2.84. The van der Waals surface area contributed by atoms with Gasteiger partial charge in [0.05, 0.1) is 10.6 Å². The molecule has 1 saturated carbocycles. The number of nitrogen functional groups attached to an aromatic ring is 1. The zero-order valence-electron chi connectivity index (χ0n) is 11.0. The van der Waals surface area contributed by atoms with Gasteiger partial charge in [-0.1, -0.05) is 0 Å². The quantitative estimate of drug-likeness (QED) is 0.790. The van der Waals surface area contributed by atoms with E-state index in [0.717, 1.165) is 17.4 Å². The van der Waals surface area contributed by atoms with E-state index in [1.54, 1.807) is 0 Å². The lowest BCUT2D eigenvalue weighted by Crippen LogP contribution is -2.30. The second-order valence-electron chi connectivity index (χ2n) is 5.07. The normalized spacial score (nSPS) is 15.2. The zero-order chi connectivity index (χ0) is 15.1. The molecule has 7 nitrogen and oxygen atoms in total. The molecule has 1 fully saturated rings. The molecule has 110 valence electrons. The number of anilines is 1. The van der Waals surface area contributed by atoms with Crippen LogP contribution in [0.1, 0.15) is 18.5 Å². The number of nitrogens with two attached hydrogens (primary N) is 1. The predicted octanol–water partition coefficient (Wildman–Crippen LogP) is 0.00722. The molecular formula is C12H16N2O5S. The molecule has 20 heavy (non-hydrogen) atoms. The maximum absolute atomic E-state index is 12.2. The van der Waals surface area contributed by atoms with E-state index in [0.29, 0.717) is 0 Å². The Hall–Kier alpha value is -1.83. The van der Waals surface area contributed by atoms with Crippen molar-refractivity contribution in [2.75, 3.05) is 11.5 Å². The highest BCUT2D eigenvalue weighted by molar-refractivity contribution is 7.91. The van der Waals surface area contributed by atoms with Gasteiger partial charge in [0.25, 0.3) is 5.56 Å². The molecule has 1 heterocycles. The molecule has 0 bridgehead atoms. The maximum atomic E-state index is 12.2. The van der Waals surface area contributed by atoms with E-state index in [9.17, 15) is 18.0 Å². The highest BCUT2D eigenvalue weighted by Gasteiger charge is 2.31. The largest absolute Gasteiger partial charge is 0.480 e. The fourth-order valence-corrected chi connectivity index (χ4v) is 3.94. The second-order valence-corrected chi connectivity index (χ2v) is 7.08. The molecule has 0 amide bonds. The number of carboxylic acids is 1. The molecule has 0 spiro atoms. The van der Waals surface area contributed by atoms with Gasteiger partial charge in [-0.15, -0.1) is 0 Å². The molecule has 2 rings (SSSR count). The highest BCUT2D eigenvalue weighted by atomic mass is 32.2. The Morgan fingerprint density at radius 3 is 2.60 bits per heavy atom. The Balaban J connectivity index is 2.51. The molecule has 0 aliphatic heterocycles. The van der Waals surface area contributed by atoms with Crippen molar-refractivity contribution in [1.82, 2.24) is 4.57 Å². The summed E-state index contributed by atoms with van der Waals surface area (Å²) in [5, 5.41) is 8.74.